The average Bonchev–Trinajstić information content (AvgIpc) is 3.16. The first-order valence-electron chi connectivity index (χ1n) is 8.54. The number of hydrogen-bond donors (Lipinski definition) is 2. The molecule has 1 heterocycles. The first-order chi connectivity index (χ1) is 13.9. The van der Waals surface area contributed by atoms with E-state index in [0.717, 1.165) is 17.7 Å². The average molecular weight is 436 g/mol. The third-order valence-corrected chi connectivity index (χ3v) is 5.34. The van der Waals surface area contributed by atoms with Gasteiger partial charge in [-0.3, -0.25) is 9.59 Å². The van der Waals surface area contributed by atoms with E-state index in [4.69, 9.17) is 11.6 Å². The third kappa shape index (κ3) is 4.96. The minimum absolute atomic E-state index is 0.0852. The molecule has 1 aromatic heterocycles. The molecule has 0 saturated carbocycles. The van der Waals surface area contributed by atoms with Gasteiger partial charge >= 0.3 is 0 Å². The Bertz CT molecular complexity index is 1060. The number of aromatic nitrogens is 1. The fraction of sp³-hybridized carbons (Fsp3) is 0.150. The summed E-state index contributed by atoms with van der Waals surface area (Å²) in [5.41, 5.74) is 1.39. The summed E-state index contributed by atoms with van der Waals surface area (Å²) >= 11 is 7.51. The standard InChI is InChI=1S/C20H16ClF2N3O2S/c1-24-19(28)18(11-6-7-15(22)16(23)8-11)26-17(27)9-12-10-29-20(25-12)13-4-2-3-5-14(13)21/h2-8,10,18H,9H2,1H3,(H,24,28)(H,26,27). The minimum atomic E-state index is -1.16. The smallest absolute Gasteiger partial charge is 0.246 e. The number of rotatable bonds is 6. The maximum atomic E-state index is 13.5. The monoisotopic (exact) mass is 435 g/mol. The van der Waals surface area contributed by atoms with Crippen molar-refractivity contribution in [3.8, 4) is 10.6 Å². The first-order valence-corrected chi connectivity index (χ1v) is 9.80. The summed E-state index contributed by atoms with van der Waals surface area (Å²) in [5.74, 6) is -3.18. The number of halogens is 3. The fourth-order valence-electron chi connectivity index (χ4n) is 2.66. The quantitative estimate of drug-likeness (QED) is 0.617. The SMILES string of the molecule is CNC(=O)C(NC(=O)Cc1csc(-c2ccccc2Cl)n1)c1ccc(F)c(F)c1. The molecule has 0 bridgehead atoms. The summed E-state index contributed by atoms with van der Waals surface area (Å²) in [4.78, 5) is 29.0. The van der Waals surface area contributed by atoms with E-state index in [0.29, 0.717) is 15.7 Å². The molecule has 0 aliphatic heterocycles. The Morgan fingerprint density at radius 1 is 1.17 bits per heavy atom. The van der Waals surface area contributed by atoms with Crippen LogP contribution in [0.15, 0.2) is 47.8 Å². The molecule has 9 heteroatoms. The second kappa shape index (κ2) is 9.11. The normalized spacial score (nSPS) is 11.7. The molecular formula is C20H16ClF2N3O2S. The predicted molar refractivity (Wildman–Crippen MR) is 108 cm³/mol. The van der Waals surface area contributed by atoms with E-state index in [9.17, 15) is 18.4 Å². The number of likely N-dealkylation sites (N-methyl/N-ethyl adjacent to an activating group) is 1. The highest BCUT2D eigenvalue weighted by atomic mass is 35.5. The van der Waals surface area contributed by atoms with Crippen molar-refractivity contribution in [1.82, 2.24) is 15.6 Å². The highest BCUT2D eigenvalue weighted by molar-refractivity contribution is 7.13. The van der Waals surface area contributed by atoms with Crippen LogP contribution < -0.4 is 10.6 Å². The lowest BCUT2D eigenvalue weighted by molar-refractivity contribution is -0.128. The van der Waals surface area contributed by atoms with Crippen LogP contribution in [0.5, 0.6) is 0 Å². The second-order valence-electron chi connectivity index (χ2n) is 6.09. The molecule has 0 fully saturated rings. The Morgan fingerprint density at radius 2 is 1.93 bits per heavy atom. The zero-order valence-electron chi connectivity index (χ0n) is 15.2. The van der Waals surface area contributed by atoms with Gasteiger partial charge in [-0.2, -0.15) is 0 Å². The van der Waals surface area contributed by atoms with Crippen LogP contribution in [0.2, 0.25) is 5.02 Å². The predicted octanol–water partition coefficient (Wildman–Crippen LogP) is 3.89. The number of carbonyl (C=O) groups excluding carboxylic acids is 2. The summed E-state index contributed by atoms with van der Waals surface area (Å²) in [7, 11) is 1.39. The molecule has 1 atom stereocenters. The van der Waals surface area contributed by atoms with Crippen molar-refractivity contribution < 1.29 is 18.4 Å². The van der Waals surface area contributed by atoms with Gasteiger partial charge in [-0.1, -0.05) is 35.9 Å². The van der Waals surface area contributed by atoms with E-state index in [1.165, 1.54) is 24.5 Å². The maximum absolute atomic E-state index is 13.5. The number of nitrogens with one attached hydrogen (secondary N) is 2. The van der Waals surface area contributed by atoms with Gasteiger partial charge in [-0.25, -0.2) is 13.8 Å². The minimum Gasteiger partial charge on any atom is -0.357 e. The molecule has 0 aliphatic carbocycles. The highest BCUT2D eigenvalue weighted by Crippen LogP contribution is 2.30. The Labute approximate surface area is 174 Å². The molecule has 2 amide bonds. The molecular weight excluding hydrogens is 420 g/mol. The van der Waals surface area contributed by atoms with E-state index >= 15 is 0 Å². The van der Waals surface area contributed by atoms with Gasteiger partial charge in [0.1, 0.15) is 11.0 Å². The molecule has 29 heavy (non-hydrogen) atoms. The Morgan fingerprint density at radius 3 is 2.62 bits per heavy atom. The molecule has 0 aliphatic rings. The summed E-state index contributed by atoms with van der Waals surface area (Å²) in [5, 5.41) is 7.89. The van der Waals surface area contributed by atoms with Crippen molar-refractivity contribution in [2.75, 3.05) is 7.05 Å². The van der Waals surface area contributed by atoms with Gasteiger partial charge < -0.3 is 10.6 Å². The van der Waals surface area contributed by atoms with Gasteiger partial charge in [0.15, 0.2) is 11.6 Å². The Balaban J connectivity index is 1.75. The molecule has 150 valence electrons. The molecule has 2 N–H and O–H groups in total. The summed E-state index contributed by atoms with van der Waals surface area (Å²) in [6.07, 6.45) is -0.0852. The lowest BCUT2D eigenvalue weighted by Gasteiger charge is -2.17. The van der Waals surface area contributed by atoms with E-state index < -0.39 is 29.5 Å². The molecule has 3 aromatic rings. The van der Waals surface area contributed by atoms with Gasteiger partial charge in [0.2, 0.25) is 11.8 Å². The van der Waals surface area contributed by atoms with Crippen LogP contribution in [0.4, 0.5) is 8.78 Å². The first kappa shape index (κ1) is 20.9. The Hall–Kier alpha value is -2.84. The number of thiazole rings is 1. The van der Waals surface area contributed by atoms with E-state index in [1.807, 2.05) is 18.2 Å². The number of carbonyl (C=O) groups is 2. The zero-order chi connectivity index (χ0) is 21.0. The number of benzene rings is 2. The van der Waals surface area contributed by atoms with Crippen LogP contribution >= 0.6 is 22.9 Å². The molecule has 0 saturated heterocycles. The van der Waals surface area contributed by atoms with Crippen molar-refractivity contribution in [3.05, 3.63) is 75.8 Å². The maximum Gasteiger partial charge on any atom is 0.246 e. The van der Waals surface area contributed by atoms with Crippen molar-refractivity contribution in [1.29, 1.82) is 0 Å². The molecule has 1 unspecified atom stereocenters. The van der Waals surface area contributed by atoms with Crippen LogP contribution in [-0.4, -0.2) is 23.8 Å². The van der Waals surface area contributed by atoms with Crippen molar-refractivity contribution in [2.24, 2.45) is 0 Å². The molecule has 5 nitrogen and oxygen atoms in total. The molecule has 3 rings (SSSR count). The lowest BCUT2D eigenvalue weighted by atomic mass is 10.1. The van der Waals surface area contributed by atoms with Gasteiger partial charge in [0, 0.05) is 18.0 Å². The number of amides is 2. The van der Waals surface area contributed by atoms with Gasteiger partial charge in [0.05, 0.1) is 17.1 Å². The summed E-state index contributed by atoms with van der Waals surface area (Å²) < 4.78 is 26.7. The lowest BCUT2D eigenvalue weighted by Crippen LogP contribution is -2.39. The highest BCUT2D eigenvalue weighted by Gasteiger charge is 2.23. The van der Waals surface area contributed by atoms with Crippen LogP contribution in [-0.2, 0) is 16.0 Å². The number of hydrogen-bond acceptors (Lipinski definition) is 4. The molecule has 0 spiro atoms. The van der Waals surface area contributed by atoms with Crippen molar-refractivity contribution >= 4 is 34.8 Å². The largest absolute Gasteiger partial charge is 0.357 e. The van der Waals surface area contributed by atoms with Gasteiger partial charge in [0.25, 0.3) is 0 Å². The van der Waals surface area contributed by atoms with E-state index in [-0.39, 0.29) is 12.0 Å². The number of nitrogens with zero attached hydrogens (tertiary/aromatic N) is 1. The van der Waals surface area contributed by atoms with Crippen LogP contribution in [0, 0.1) is 11.6 Å². The zero-order valence-corrected chi connectivity index (χ0v) is 16.8. The summed E-state index contributed by atoms with van der Waals surface area (Å²) in [6, 6.07) is 9.10. The van der Waals surface area contributed by atoms with E-state index in [1.54, 1.807) is 11.4 Å². The van der Waals surface area contributed by atoms with Crippen LogP contribution in [0.1, 0.15) is 17.3 Å². The van der Waals surface area contributed by atoms with Crippen molar-refractivity contribution in [2.45, 2.75) is 12.5 Å². The third-order valence-electron chi connectivity index (χ3n) is 4.09. The van der Waals surface area contributed by atoms with Gasteiger partial charge in [-0.15, -0.1) is 11.3 Å². The Kier molecular flexibility index (Phi) is 6.56. The topological polar surface area (TPSA) is 71.1 Å². The van der Waals surface area contributed by atoms with Crippen LogP contribution in [0.25, 0.3) is 10.6 Å². The van der Waals surface area contributed by atoms with Gasteiger partial charge in [-0.05, 0) is 23.8 Å². The van der Waals surface area contributed by atoms with E-state index in [2.05, 4.69) is 15.6 Å². The fourth-order valence-corrected chi connectivity index (χ4v) is 3.80. The van der Waals surface area contributed by atoms with Crippen LogP contribution in [0.3, 0.4) is 0 Å². The second-order valence-corrected chi connectivity index (χ2v) is 7.35. The molecule has 2 aromatic carbocycles. The molecule has 0 radical (unpaired) electrons. The summed E-state index contributed by atoms with van der Waals surface area (Å²) in [6.45, 7) is 0. The van der Waals surface area contributed by atoms with Crippen molar-refractivity contribution in [3.63, 3.8) is 0 Å².